The van der Waals surface area contributed by atoms with E-state index in [2.05, 4.69) is 25.9 Å². The highest BCUT2D eigenvalue weighted by molar-refractivity contribution is 9.10. The lowest BCUT2D eigenvalue weighted by Crippen LogP contribution is -2.18. The van der Waals surface area contributed by atoms with Crippen LogP contribution in [0.1, 0.15) is 12.7 Å². The Bertz CT molecular complexity index is 611. The highest BCUT2D eigenvalue weighted by Gasteiger charge is 2.12. The number of nitrogens with one attached hydrogen (secondary N) is 1. The molecule has 0 bridgehead atoms. The molecule has 0 saturated heterocycles. The number of rotatable bonds is 4. The molecule has 19 heavy (non-hydrogen) atoms. The monoisotopic (exact) mass is 322 g/mol. The van der Waals surface area contributed by atoms with E-state index in [9.17, 15) is 4.79 Å². The van der Waals surface area contributed by atoms with Gasteiger partial charge in [0.2, 0.25) is 0 Å². The Kier molecular flexibility index (Phi) is 4.50. The first-order valence-electron chi connectivity index (χ1n) is 5.98. The van der Waals surface area contributed by atoms with Crippen LogP contribution in [-0.4, -0.2) is 23.2 Å². The Morgan fingerprint density at radius 2 is 2.05 bits per heavy atom. The van der Waals surface area contributed by atoms with Gasteiger partial charge in [0, 0.05) is 19.1 Å². The summed E-state index contributed by atoms with van der Waals surface area (Å²) in [6.45, 7) is 1.93. The fraction of sp³-hybridized carbons (Fsp3) is 0.286. The number of benzene rings is 1. The number of H-pyrrole nitrogens is 1. The second-order valence-electron chi connectivity index (χ2n) is 4.29. The van der Waals surface area contributed by atoms with Gasteiger partial charge in [0.1, 0.15) is 10.3 Å². The maximum Gasteiger partial charge on any atom is 0.265 e. The molecule has 0 aliphatic heterocycles. The lowest BCUT2D eigenvalue weighted by atomic mass is 10.1. The topological polar surface area (TPSA) is 55.0 Å². The number of hydrogen-bond donors (Lipinski definition) is 1. The van der Waals surface area contributed by atoms with E-state index >= 15 is 0 Å². The highest BCUT2D eigenvalue weighted by atomic mass is 79.9. The van der Waals surface area contributed by atoms with Crippen LogP contribution in [0.25, 0.3) is 11.3 Å². The standard InChI is InChI=1S/C14H15BrN2O2/c1-9(19-2)8-11-16-13(12(15)14(18)17-11)10-6-4-3-5-7-10/h3-7,9H,8H2,1-2H3,(H,16,17,18). The zero-order valence-corrected chi connectivity index (χ0v) is 12.4. The SMILES string of the molecule is COC(C)Cc1nc(-c2ccccc2)c(Br)c(=O)[nH]1. The summed E-state index contributed by atoms with van der Waals surface area (Å²) in [5, 5.41) is 0. The average molecular weight is 323 g/mol. The van der Waals surface area contributed by atoms with Gasteiger partial charge in [0.25, 0.3) is 5.56 Å². The molecular weight excluding hydrogens is 308 g/mol. The molecule has 0 amide bonds. The molecule has 1 unspecified atom stereocenters. The number of nitrogens with zero attached hydrogens (tertiary/aromatic N) is 1. The van der Waals surface area contributed by atoms with E-state index in [-0.39, 0.29) is 11.7 Å². The molecule has 0 saturated carbocycles. The molecule has 1 atom stereocenters. The Balaban J connectivity index is 2.46. The van der Waals surface area contributed by atoms with E-state index in [1.807, 2.05) is 37.3 Å². The third-order valence-electron chi connectivity index (χ3n) is 2.84. The predicted molar refractivity (Wildman–Crippen MR) is 78.2 cm³/mol. The van der Waals surface area contributed by atoms with Crippen molar-refractivity contribution in [3.63, 3.8) is 0 Å². The second-order valence-corrected chi connectivity index (χ2v) is 5.08. The first-order valence-corrected chi connectivity index (χ1v) is 6.78. The summed E-state index contributed by atoms with van der Waals surface area (Å²) >= 11 is 3.30. The molecule has 0 aliphatic rings. The molecule has 2 aromatic rings. The largest absolute Gasteiger partial charge is 0.381 e. The van der Waals surface area contributed by atoms with Crippen molar-refractivity contribution < 1.29 is 4.74 Å². The minimum atomic E-state index is -0.174. The fourth-order valence-electron chi connectivity index (χ4n) is 1.75. The molecule has 0 spiro atoms. The van der Waals surface area contributed by atoms with Crippen LogP contribution >= 0.6 is 15.9 Å². The molecule has 2 rings (SSSR count). The fourth-order valence-corrected chi connectivity index (χ4v) is 2.16. The minimum Gasteiger partial charge on any atom is -0.381 e. The van der Waals surface area contributed by atoms with Gasteiger partial charge in [-0.15, -0.1) is 0 Å². The quantitative estimate of drug-likeness (QED) is 0.941. The molecule has 0 fully saturated rings. The van der Waals surface area contributed by atoms with Crippen molar-refractivity contribution in [1.82, 2.24) is 9.97 Å². The smallest absolute Gasteiger partial charge is 0.265 e. The Morgan fingerprint density at radius 1 is 1.37 bits per heavy atom. The number of halogens is 1. The van der Waals surface area contributed by atoms with E-state index < -0.39 is 0 Å². The summed E-state index contributed by atoms with van der Waals surface area (Å²) in [4.78, 5) is 19.2. The number of hydrogen-bond acceptors (Lipinski definition) is 3. The molecule has 1 N–H and O–H groups in total. The van der Waals surface area contributed by atoms with Gasteiger partial charge in [0.15, 0.2) is 0 Å². The van der Waals surface area contributed by atoms with E-state index in [1.54, 1.807) is 7.11 Å². The highest BCUT2D eigenvalue weighted by Crippen LogP contribution is 2.22. The van der Waals surface area contributed by atoms with Crippen molar-refractivity contribution in [1.29, 1.82) is 0 Å². The summed E-state index contributed by atoms with van der Waals surface area (Å²) < 4.78 is 5.65. The lowest BCUT2D eigenvalue weighted by molar-refractivity contribution is 0.117. The predicted octanol–water partition coefficient (Wildman–Crippen LogP) is 2.78. The van der Waals surface area contributed by atoms with Crippen molar-refractivity contribution in [3.8, 4) is 11.3 Å². The minimum absolute atomic E-state index is 0.00736. The lowest BCUT2D eigenvalue weighted by Gasteiger charge is -2.10. The van der Waals surface area contributed by atoms with Crippen molar-refractivity contribution in [2.75, 3.05) is 7.11 Å². The van der Waals surface area contributed by atoms with Gasteiger partial charge in [-0.3, -0.25) is 4.79 Å². The van der Waals surface area contributed by atoms with Crippen molar-refractivity contribution >= 4 is 15.9 Å². The van der Waals surface area contributed by atoms with Gasteiger partial charge >= 0.3 is 0 Å². The number of aromatic nitrogens is 2. The summed E-state index contributed by atoms with van der Waals surface area (Å²) in [6, 6.07) is 9.62. The summed E-state index contributed by atoms with van der Waals surface area (Å²) in [7, 11) is 1.64. The second kappa shape index (κ2) is 6.12. The van der Waals surface area contributed by atoms with E-state index in [0.29, 0.717) is 22.4 Å². The van der Waals surface area contributed by atoms with Crippen LogP contribution in [0, 0.1) is 0 Å². The normalized spacial score (nSPS) is 12.4. The molecule has 0 radical (unpaired) electrons. The van der Waals surface area contributed by atoms with Gasteiger partial charge in [-0.1, -0.05) is 30.3 Å². The number of aromatic amines is 1. The Hall–Kier alpha value is -1.46. The van der Waals surface area contributed by atoms with Crippen LogP contribution in [0.2, 0.25) is 0 Å². The summed E-state index contributed by atoms with van der Waals surface area (Å²) in [5.74, 6) is 0.626. The number of methoxy groups -OCH3 is 1. The number of ether oxygens (including phenoxy) is 1. The van der Waals surface area contributed by atoms with E-state index in [4.69, 9.17) is 4.74 Å². The van der Waals surface area contributed by atoms with Gasteiger partial charge in [-0.2, -0.15) is 0 Å². The van der Waals surface area contributed by atoms with E-state index in [0.717, 1.165) is 5.56 Å². The molecular formula is C14H15BrN2O2. The molecule has 5 heteroatoms. The first kappa shape index (κ1) is 14.0. The molecule has 1 aromatic carbocycles. The average Bonchev–Trinajstić information content (AvgIpc) is 2.43. The van der Waals surface area contributed by atoms with Crippen molar-refractivity contribution in [2.45, 2.75) is 19.4 Å². The first-order chi connectivity index (χ1) is 9.11. The van der Waals surface area contributed by atoms with Crippen LogP contribution in [-0.2, 0) is 11.2 Å². The zero-order chi connectivity index (χ0) is 13.8. The maximum atomic E-state index is 11.9. The molecule has 1 heterocycles. The van der Waals surface area contributed by atoms with Crippen LogP contribution in [0.15, 0.2) is 39.6 Å². The third kappa shape index (κ3) is 3.30. The van der Waals surface area contributed by atoms with Crippen molar-refractivity contribution in [2.24, 2.45) is 0 Å². The molecule has 1 aromatic heterocycles. The van der Waals surface area contributed by atoms with Crippen molar-refractivity contribution in [3.05, 3.63) is 51.0 Å². The van der Waals surface area contributed by atoms with Gasteiger partial charge in [-0.25, -0.2) is 4.98 Å². The third-order valence-corrected chi connectivity index (χ3v) is 3.58. The van der Waals surface area contributed by atoms with Gasteiger partial charge in [0.05, 0.1) is 11.8 Å². The molecule has 0 aliphatic carbocycles. The summed E-state index contributed by atoms with van der Waals surface area (Å²) in [5.41, 5.74) is 1.39. The summed E-state index contributed by atoms with van der Waals surface area (Å²) in [6.07, 6.45) is 0.576. The van der Waals surface area contributed by atoms with E-state index in [1.165, 1.54) is 0 Å². The van der Waals surface area contributed by atoms with Crippen LogP contribution in [0.5, 0.6) is 0 Å². The Morgan fingerprint density at radius 3 is 2.68 bits per heavy atom. The van der Waals surface area contributed by atoms with Gasteiger partial charge in [-0.05, 0) is 22.9 Å². The molecule has 100 valence electrons. The van der Waals surface area contributed by atoms with Gasteiger partial charge < -0.3 is 9.72 Å². The van der Waals surface area contributed by atoms with Crippen LogP contribution < -0.4 is 5.56 Å². The maximum absolute atomic E-state index is 11.9. The van der Waals surface area contributed by atoms with Crippen LogP contribution in [0.4, 0.5) is 0 Å². The van der Waals surface area contributed by atoms with Crippen LogP contribution in [0.3, 0.4) is 0 Å². The zero-order valence-electron chi connectivity index (χ0n) is 10.8. The molecule has 4 nitrogen and oxygen atoms in total. The Labute approximate surface area is 120 Å².